The molecule has 0 spiro atoms. The van der Waals surface area contributed by atoms with Gasteiger partial charge < -0.3 is 14.6 Å². The molecule has 1 aliphatic rings. The van der Waals surface area contributed by atoms with Crippen molar-refractivity contribution >= 4 is 6.03 Å². The normalized spacial score (nSPS) is 16.5. The lowest BCUT2D eigenvalue weighted by Crippen LogP contribution is -2.47. The molecule has 1 unspecified atom stereocenters. The fourth-order valence-corrected chi connectivity index (χ4v) is 3.36. The number of nitrogens with zero attached hydrogens (tertiary/aromatic N) is 2. The Bertz CT molecular complexity index is 467. The third-order valence-electron chi connectivity index (χ3n) is 4.79. The highest BCUT2D eigenvalue weighted by molar-refractivity contribution is 5.74. The molecule has 1 fully saturated rings. The van der Waals surface area contributed by atoms with Crippen molar-refractivity contribution in [3.8, 4) is 0 Å². The summed E-state index contributed by atoms with van der Waals surface area (Å²) in [6.07, 6.45) is 7.56. The molecule has 0 saturated carbocycles. The standard InChI is InChI=1S/C19H33N3O2/c1-4-5-6-13-22(16(2)3)19(23)20-15-17(18-10-9-14-24-18)21-11-7-8-12-21/h9-10,14,16-17H,4-8,11-13,15H2,1-3H3,(H,20,23). The second-order valence-electron chi connectivity index (χ2n) is 6.95. The van der Waals surface area contributed by atoms with Crippen LogP contribution >= 0.6 is 0 Å². The number of likely N-dealkylation sites (tertiary alicyclic amines) is 1. The minimum Gasteiger partial charge on any atom is -0.468 e. The number of unbranched alkanes of at least 4 members (excludes halogenated alkanes) is 2. The monoisotopic (exact) mass is 335 g/mol. The summed E-state index contributed by atoms with van der Waals surface area (Å²) >= 11 is 0. The van der Waals surface area contributed by atoms with E-state index < -0.39 is 0 Å². The van der Waals surface area contributed by atoms with Crippen LogP contribution in [0.1, 0.15) is 64.7 Å². The highest BCUT2D eigenvalue weighted by Crippen LogP contribution is 2.25. The molecule has 1 aromatic rings. The molecule has 0 bridgehead atoms. The second-order valence-corrected chi connectivity index (χ2v) is 6.95. The minimum atomic E-state index is 0.0388. The summed E-state index contributed by atoms with van der Waals surface area (Å²) in [5, 5.41) is 3.14. The number of hydrogen-bond acceptors (Lipinski definition) is 3. The Labute approximate surface area is 146 Å². The van der Waals surface area contributed by atoms with Gasteiger partial charge in [0.05, 0.1) is 12.3 Å². The first-order valence-corrected chi connectivity index (χ1v) is 9.45. The predicted molar refractivity (Wildman–Crippen MR) is 97.0 cm³/mol. The molecular weight excluding hydrogens is 302 g/mol. The molecule has 0 radical (unpaired) electrons. The molecule has 2 rings (SSSR count). The van der Waals surface area contributed by atoms with E-state index in [1.54, 1.807) is 6.26 Å². The van der Waals surface area contributed by atoms with Gasteiger partial charge in [-0.1, -0.05) is 19.8 Å². The molecule has 24 heavy (non-hydrogen) atoms. The molecule has 2 amide bonds. The summed E-state index contributed by atoms with van der Waals surface area (Å²) in [6.45, 7) is 9.92. The van der Waals surface area contributed by atoms with Gasteiger partial charge in [-0.3, -0.25) is 4.90 Å². The number of amides is 2. The Morgan fingerprint density at radius 2 is 2.08 bits per heavy atom. The van der Waals surface area contributed by atoms with E-state index in [2.05, 4.69) is 31.0 Å². The Balaban J connectivity index is 1.92. The van der Waals surface area contributed by atoms with E-state index in [4.69, 9.17) is 4.42 Å². The Morgan fingerprint density at radius 3 is 2.67 bits per heavy atom. The first kappa shape index (κ1) is 18.8. The number of carbonyl (C=O) groups is 1. The number of hydrogen-bond donors (Lipinski definition) is 1. The maximum absolute atomic E-state index is 12.6. The number of nitrogens with one attached hydrogen (secondary N) is 1. The first-order chi connectivity index (χ1) is 11.6. The summed E-state index contributed by atoms with van der Waals surface area (Å²) in [4.78, 5) is 17.0. The lowest BCUT2D eigenvalue weighted by atomic mass is 10.2. The van der Waals surface area contributed by atoms with Gasteiger partial charge in [0.15, 0.2) is 0 Å². The van der Waals surface area contributed by atoms with Crippen LogP contribution in [0.15, 0.2) is 22.8 Å². The lowest BCUT2D eigenvalue weighted by molar-refractivity contribution is 0.169. The van der Waals surface area contributed by atoms with Gasteiger partial charge in [-0.15, -0.1) is 0 Å². The minimum absolute atomic E-state index is 0.0388. The van der Waals surface area contributed by atoms with Crippen molar-refractivity contribution in [2.45, 2.75) is 65.0 Å². The summed E-state index contributed by atoms with van der Waals surface area (Å²) in [5.41, 5.74) is 0. The summed E-state index contributed by atoms with van der Waals surface area (Å²) in [7, 11) is 0. The average molecular weight is 335 g/mol. The van der Waals surface area contributed by atoms with Crippen molar-refractivity contribution in [1.29, 1.82) is 0 Å². The van der Waals surface area contributed by atoms with Crippen molar-refractivity contribution in [2.24, 2.45) is 0 Å². The molecule has 0 aromatic carbocycles. The van der Waals surface area contributed by atoms with Crippen LogP contribution in [0.25, 0.3) is 0 Å². The first-order valence-electron chi connectivity index (χ1n) is 9.45. The molecule has 1 saturated heterocycles. The highest BCUT2D eigenvalue weighted by Gasteiger charge is 2.27. The van der Waals surface area contributed by atoms with Crippen molar-refractivity contribution in [3.63, 3.8) is 0 Å². The summed E-state index contributed by atoms with van der Waals surface area (Å²) < 4.78 is 5.62. The zero-order chi connectivity index (χ0) is 17.4. The van der Waals surface area contributed by atoms with Crippen LogP contribution in [0.5, 0.6) is 0 Å². The molecular formula is C19H33N3O2. The third-order valence-corrected chi connectivity index (χ3v) is 4.79. The maximum Gasteiger partial charge on any atom is 0.317 e. The fourth-order valence-electron chi connectivity index (χ4n) is 3.36. The Hall–Kier alpha value is -1.49. The number of rotatable bonds is 9. The van der Waals surface area contributed by atoms with Crippen LogP contribution in [0, 0.1) is 0 Å². The highest BCUT2D eigenvalue weighted by atomic mass is 16.3. The van der Waals surface area contributed by atoms with Gasteiger partial charge >= 0.3 is 6.03 Å². The van der Waals surface area contributed by atoms with Crippen LogP contribution in [-0.2, 0) is 0 Å². The van der Waals surface area contributed by atoms with E-state index >= 15 is 0 Å². The van der Waals surface area contributed by atoms with Crippen LogP contribution in [-0.4, -0.2) is 48.1 Å². The summed E-state index contributed by atoms with van der Waals surface area (Å²) in [6, 6.07) is 4.32. The van der Waals surface area contributed by atoms with Gasteiger partial charge in [0.1, 0.15) is 5.76 Å². The van der Waals surface area contributed by atoms with Crippen molar-refractivity contribution in [3.05, 3.63) is 24.2 Å². The lowest BCUT2D eigenvalue weighted by Gasteiger charge is -2.30. The Kier molecular flexibility index (Phi) is 7.63. The number of carbonyl (C=O) groups excluding carboxylic acids is 1. The number of furan rings is 1. The van der Waals surface area contributed by atoms with Crippen molar-refractivity contribution < 1.29 is 9.21 Å². The van der Waals surface area contributed by atoms with E-state index in [0.29, 0.717) is 6.54 Å². The van der Waals surface area contributed by atoms with Crippen LogP contribution in [0.4, 0.5) is 4.79 Å². The number of urea groups is 1. The zero-order valence-corrected chi connectivity index (χ0v) is 15.5. The molecule has 136 valence electrons. The van der Waals surface area contributed by atoms with Gasteiger partial charge in [0, 0.05) is 19.1 Å². The molecule has 5 nitrogen and oxygen atoms in total. The van der Waals surface area contributed by atoms with E-state index in [0.717, 1.165) is 31.8 Å². The van der Waals surface area contributed by atoms with Crippen LogP contribution in [0.2, 0.25) is 0 Å². The third kappa shape index (κ3) is 5.26. The topological polar surface area (TPSA) is 48.7 Å². The van der Waals surface area contributed by atoms with Gasteiger partial charge in [0.2, 0.25) is 0 Å². The smallest absolute Gasteiger partial charge is 0.317 e. The maximum atomic E-state index is 12.6. The molecule has 2 heterocycles. The van der Waals surface area contributed by atoms with E-state index in [-0.39, 0.29) is 18.1 Å². The largest absolute Gasteiger partial charge is 0.468 e. The van der Waals surface area contributed by atoms with Gasteiger partial charge in [-0.2, -0.15) is 0 Å². The molecule has 1 N–H and O–H groups in total. The average Bonchev–Trinajstić information content (AvgIpc) is 3.25. The zero-order valence-electron chi connectivity index (χ0n) is 15.5. The van der Waals surface area contributed by atoms with Gasteiger partial charge in [-0.25, -0.2) is 4.79 Å². The Morgan fingerprint density at radius 1 is 1.33 bits per heavy atom. The quantitative estimate of drug-likeness (QED) is 0.693. The van der Waals surface area contributed by atoms with E-state index in [9.17, 15) is 4.79 Å². The molecule has 1 atom stereocenters. The fraction of sp³-hybridized carbons (Fsp3) is 0.737. The predicted octanol–water partition coefficient (Wildman–Crippen LogP) is 4.03. The molecule has 1 aliphatic heterocycles. The van der Waals surface area contributed by atoms with Crippen molar-refractivity contribution in [2.75, 3.05) is 26.2 Å². The summed E-state index contributed by atoms with van der Waals surface area (Å²) in [5.74, 6) is 0.944. The second kappa shape index (κ2) is 9.72. The van der Waals surface area contributed by atoms with Gasteiger partial charge in [0.25, 0.3) is 0 Å². The van der Waals surface area contributed by atoms with Crippen LogP contribution < -0.4 is 5.32 Å². The SMILES string of the molecule is CCCCCN(C(=O)NCC(c1ccco1)N1CCCC1)C(C)C. The van der Waals surface area contributed by atoms with Gasteiger partial charge in [-0.05, 0) is 58.3 Å². The van der Waals surface area contributed by atoms with Crippen LogP contribution in [0.3, 0.4) is 0 Å². The molecule has 1 aromatic heterocycles. The molecule has 0 aliphatic carbocycles. The van der Waals surface area contributed by atoms with E-state index in [1.807, 2.05) is 17.0 Å². The van der Waals surface area contributed by atoms with Crippen molar-refractivity contribution in [1.82, 2.24) is 15.1 Å². The molecule has 5 heteroatoms. The van der Waals surface area contributed by atoms with E-state index in [1.165, 1.54) is 25.7 Å².